The lowest BCUT2D eigenvalue weighted by Crippen LogP contribution is -2.02. The van der Waals surface area contributed by atoms with Crippen LogP contribution in [0.1, 0.15) is 72.1 Å². The summed E-state index contributed by atoms with van der Waals surface area (Å²) >= 11 is 0. The standard InChI is InChI=1S/C15H27N3/c1-4-6-8-10-14(3)15(11-9-7-5-2)18-13-12-16-17-18/h12-13H,4-11H2,1-3H3. The first-order chi connectivity index (χ1) is 8.79. The molecule has 1 aromatic rings. The van der Waals surface area contributed by atoms with Gasteiger partial charge < -0.3 is 0 Å². The molecule has 0 spiro atoms. The van der Waals surface area contributed by atoms with E-state index >= 15 is 0 Å². The first-order valence-corrected chi connectivity index (χ1v) is 7.34. The average Bonchev–Trinajstić information content (AvgIpc) is 2.88. The van der Waals surface area contributed by atoms with Crippen LogP contribution in [0.15, 0.2) is 18.0 Å². The van der Waals surface area contributed by atoms with Crippen molar-refractivity contribution in [3.05, 3.63) is 18.0 Å². The number of hydrogen-bond acceptors (Lipinski definition) is 2. The lowest BCUT2D eigenvalue weighted by Gasteiger charge is -2.12. The maximum absolute atomic E-state index is 4.15. The summed E-state index contributed by atoms with van der Waals surface area (Å²) in [5, 5.41) is 8.08. The van der Waals surface area contributed by atoms with Gasteiger partial charge in [0.15, 0.2) is 0 Å². The third-order valence-electron chi connectivity index (χ3n) is 3.36. The van der Waals surface area contributed by atoms with Gasteiger partial charge in [-0.15, -0.1) is 5.10 Å². The third kappa shape index (κ3) is 5.03. The van der Waals surface area contributed by atoms with Gasteiger partial charge in [-0.25, -0.2) is 4.68 Å². The van der Waals surface area contributed by atoms with Crippen LogP contribution in [0, 0.1) is 0 Å². The lowest BCUT2D eigenvalue weighted by molar-refractivity contribution is 0.678. The molecule has 0 unspecified atom stereocenters. The fourth-order valence-corrected chi connectivity index (χ4v) is 2.20. The van der Waals surface area contributed by atoms with Gasteiger partial charge in [0.1, 0.15) is 0 Å². The summed E-state index contributed by atoms with van der Waals surface area (Å²) in [6.07, 6.45) is 13.7. The second kappa shape index (κ2) is 8.90. The van der Waals surface area contributed by atoms with Gasteiger partial charge in [0, 0.05) is 5.70 Å². The first-order valence-electron chi connectivity index (χ1n) is 7.34. The minimum atomic E-state index is 1.12. The van der Waals surface area contributed by atoms with Crippen molar-refractivity contribution in [2.24, 2.45) is 0 Å². The van der Waals surface area contributed by atoms with Gasteiger partial charge in [-0.3, -0.25) is 0 Å². The quantitative estimate of drug-likeness (QED) is 0.595. The van der Waals surface area contributed by atoms with E-state index in [-0.39, 0.29) is 0 Å². The Morgan fingerprint density at radius 1 is 1.00 bits per heavy atom. The molecule has 0 saturated heterocycles. The highest BCUT2D eigenvalue weighted by Gasteiger charge is 2.06. The molecule has 18 heavy (non-hydrogen) atoms. The van der Waals surface area contributed by atoms with Crippen molar-refractivity contribution in [2.75, 3.05) is 0 Å². The normalized spacial score (nSPS) is 12.6. The van der Waals surface area contributed by atoms with E-state index in [4.69, 9.17) is 0 Å². The molecule has 0 aromatic carbocycles. The van der Waals surface area contributed by atoms with Gasteiger partial charge in [0.25, 0.3) is 0 Å². The van der Waals surface area contributed by atoms with Gasteiger partial charge in [-0.1, -0.05) is 50.3 Å². The second-order valence-corrected chi connectivity index (χ2v) is 4.99. The van der Waals surface area contributed by atoms with Crippen molar-refractivity contribution >= 4 is 5.70 Å². The van der Waals surface area contributed by atoms with Crippen molar-refractivity contribution in [1.82, 2.24) is 15.0 Å². The van der Waals surface area contributed by atoms with E-state index in [2.05, 4.69) is 31.1 Å². The predicted octanol–water partition coefficient (Wildman–Crippen LogP) is 4.67. The van der Waals surface area contributed by atoms with E-state index in [0.29, 0.717) is 0 Å². The average molecular weight is 249 g/mol. The molecule has 0 radical (unpaired) electrons. The molecule has 1 aromatic heterocycles. The Balaban J connectivity index is 2.66. The molecule has 3 heteroatoms. The minimum absolute atomic E-state index is 1.12. The highest BCUT2D eigenvalue weighted by Crippen LogP contribution is 2.21. The van der Waals surface area contributed by atoms with E-state index in [1.54, 1.807) is 6.20 Å². The number of aromatic nitrogens is 3. The van der Waals surface area contributed by atoms with Gasteiger partial charge in [0.2, 0.25) is 0 Å². The van der Waals surface area contributed by atoms with E-state index in [1.807, 2.05) is 10.9 Å². The zero-order valence-corrected chi connectivity index (χ0v) is 12.2. The molecular weight excluding hydrogens is 222 g/mol. The van der Waals surface area contributed by atoms with E-state index in [9.17, 15) is 0 Å². The third-order valence-corrected chi connectivity index (χ3v) is 3.36. The molecule has 0 aliphatic rings. The van der Waals surface area contributed by atoms with Gasteiger partial charge in [0.05, 0.1) is 12.4 Å². The Bertz CT molecular complexity index is 339. The highest BCUT2D eigenvalue weighted by molar-refractivity contribution is 5.48. The van der Waals surface area contributed by atoms with Crippen molar-refractivity contribution in [3.8, 4) is 0 Å². The zero-order valence-electron chi connectivity index (χ0n) is 12.2. The molecule has 0 saturated carbocycles. The summed E-state index contributed by atoms with van der Waals surface area (Å²) < 4.78 is 1.96. The molecule has 0 fully saturated rings. The molecule has 0 aliphatic heterocycles. The smallest absolute Gasteiger partial charge is 0.0697 e. The molecule has 1 heterocycles. The van der Waals surface area contributed by atoms with Crippen LogP contribution in [0.25, 0.3) is 5.70 Å². The van der Waals surface area contributed by atoms with E-state index < -0.39 is 0 Å². The molecule has 3 nitrogen and oxygen atoms in total. The molecule has 0 N–H and O–H groups in total. The molecule has 0 amide bonds. The summed E-state index contributed by atoms with van der Waals surface area (Å²) in [4.78, 5) is 0. The minimum Gasteiger partial charge on any atom is -0.225 e. The maximum Gasteiger partial charge on any atom is 0.0697 e. The summed E-state index contributed by atoms with van der Waals surface area (Å²) in [6, 6.07) is 0. The zero-order chi connectivity index (χ0) is 13.2. The van der Waals surface area contributed by atoms with Crippen LogP contribution in [-0.4, -0.2) is 15.0 Å². The topological polar surface area (TPSA) is 30.7 Å². The number of nitrogens with zero attached hydrogens (tertiary/aromatic N) is 3. The van der Waals surface area contributed by atoms with Crippen LogP contribution >= 0.6 is 0 Å². The van der Waals surface area contributed by atoms with Gasteiger partial charge >= 0.3 is 0 Å². The number of hydrogen-bond donors (Lipinski definition) is 0. The van der Waals surface area contributed by atoms with Crippen LogP contribution in [0.4, 0.5) is 0 Å². The Morgan fingerprint density at radius 3 is 2.22 bits per heavy atom. The molecular formula is C15H27N3. The van der Waals surface area contributed by atoms with Crippen LogP contribution < -0.4 is 0 Å². The summed E-state index contributed by atoms with van der Waals surface area (Å²) in [5.41, 5.74) is 2.84. The fourth-order valence-electron chi connectivity index (χ4n) is 2.20. The molecule has 1 rings (SSSR count). The van der Waals surface area contributed by atoms with E-state index in [0.717, 1.165) is 6.42 Å². The Labute approximate surface area is 111 Å². The highest BCUT2D eigenvalue weighted by atomic mass is 15.4. The summed E-state index contributed by atoms with van der Waals surface area (Å²) in [6.45, 7) is 6.74. The van der Waals surface area contributed by atoms with Crippen molar-refractivity contribution in [1.29, 1.82) is 0 Å². The Morgan fingerprint density at radius 2 is 1.67 bits per heavy atom. The molecule has 0 bridgehead atoms. The van der Waals surface area contributed by atoms with Crippen LogP contribution in [0.3, 0.4) is 0 Å². The second-order valence-electron chi connectivity index (χ2n) is 4.99. The SMILES string of the molecule is CCCCCC(C)=C(CCCCC)n1ccnn1. The number of unbranched alkanes of at least 4 members (excludes halogenated alkanes) is 4. The largest absolute Gasteiger partial charge is 0.225 e. The Hall–Kier alpha value is -1.12. The predicted molar refractivity (Wildman–Crippen MR) is 77.2 cm³/mol. The summed E-state index contributed by atoms with van der Waals surface area (Å²) in [5.74, 6) is 0. The van der Waals surface area contributed by atoms with Crippen molar-refractivity contribution in [3.63, 3.8) is 0 Å². The van der Waals surface area contributed by atoms with Crippen LogP contribution in [0.5, 0.6) is 0 Å². The first kappa shape index (κ1) is 14.9. The number of rotatable bonds is 9. The molecule has 0 atom stereocenters. The fraction of sp³-hybridized carbons (Fsp3) is 0.733. The molecule has 102 valence electrons. The number of allylic oxidation sites excluding steroid dienone is 2. The van der Waals surface area contributed by atoms with Gasteiger partial charge in [-0.2, -0.15) is 0 Å². The summed E-state index contributed by atoms with van der Waals surface area (Å²) in [7, 11) is 0. The van der Waals surface area contributed by atoms with Crippen molar-refractivity contribution in [2.45, 2.75) is 72.1 Å². The monoisotopic (exact) mass is 249 g/mol. The molecule has 0 aliphatic carbocycles. The maximum atomic E-state index is 4.15. The van der Waals surface area contributed by atoms with Crippen LogP contribution in [-0.2, 0) is 0 Å². The van der Waals surface area contributed by atoms with E-state index in [1.165, 1.54) is 56.2 Å². The lowest BCUT2D eigenvalue weighted by atomic mass is 10.0. The van der Waals surface area contributed by atoms with Gasteiger partial charge in [-0.05, 0) is 32.6 Å². The Kier molecular flexibility index (Phi) is 7.38. The van der Waals surface area contributed by atoms with Crippen LogP contribution in [0.2, 0.25) is 0 Å². The van der Waals surface area contributed by atoms with Crippen molar-refractivity contribution < 1.29 is 0 Å².